The van der Waals surface area contributed by atoms with Gasteiger partial charge in [0.1, 0.15) is 0 Å². The van der Waals surface area contributed by atoms with Crippen LogP contribution in [0.4, 0.5) is 11.6 Å². The fourth-order valence-corrected chi connectivity index (χ4v) is 4.89. The fourth-order valence-electron chi connectivity index (χ4n) is 4.89. The smallest absolute Gasteiger partial charge is 0.192 e. The molecule has 1 atom stereocenters. The first-order valence-corrected chi connectivity index (χ1v) is 12.7. The van der Waals surface area contributed by atoms with Crippen LogP contribution in [-0.4, -0.2) is 51.1 Å². The van der Waals surface area contributed by atoms with Gasteiger partial charge in [-0.15, -0.1) is 10.2 Å². The van der Waals surface area contributed by atoms with Crippen molar-refractivity contribution in [1.82, 2.24) is 30.7 Å². The molecule has 1 aliphatic heterocycles. The van der Waals surface area contributed by atoms with E-state index in [-0.39, 0.29) is 0 Å². The van der Waals surface area contributed by atoms with Crippen LogP contribution in [0.3, 0.4) is 0 Å². The van der Waals surface area contributed by atoms with Crippen LogP contribution in [0, 0.1) is 6.92 Å². The first kappa shape index (κ1) is 23.1. The lowest BCUT2D eigenvalue weighted by atomic mass is 10.0. The zero-order valence-electron chi connectivity index (χ0n) is 20.9. The largest absolute Gasteiger partial charge is 0.361 e. The van der Waals surface area contributed by atoms with E-state index in [1.165, 1.54) is 11.1 Å². The summed E-state index contributed by atoms with van der Waals surface area (Å²) in [6.45, 7) is 5.23. The molecule has 0 spiro atoms. The normalized spacial score (nSPS) is 15.7. The third-order valence-corrected chi connectivity index (χ3v) is 6.86. The van der Waals surface area contributed by atoms with Crippen LogP contribution in [0.2, 0.25) is 0 Å². The van der Waals surface area contributed by atoms with Gasteiger partial charge in [0, 0.05) is 43.2 Å². The number of nitrogens with zero attached hydrogens (tertiary/aromatic N) is 5. The maximum atomic E-state index is 5.07. The summed E-state index contributed by atoms with van der Waals surface area (Å²) in [5, 5.41) is 24.8. The highest BCUT2D eigenvalue weighted by molar-refractivity contribution is 5.85. The fraction of sp³-hybridized carbons (Fsp3) is 0.241. The first-order chi connectivity index (χ1) is 18.2. The molecule has 1 fully saturated rings. The lowest BCUT2D eigenvalue weighted by Crippen LogP contribution is -2.52. The maximum absolute atomic E-state index is 5.07. The van der Waals surface area contributed by atoms with Gasteiger partial charge in [-0.25, -0.2) is 4.98 Å². The Labute approximate surface area is 216 Å². The van der Waals surface area contributed by atoms with E-state index in [4.69, 9.17) is 4.98 Å². The number of nitrogens with one attached hydrogen (secondary N) is 3. The topological polar surface area (TPSA) is 94.6 Å². The molecule has 8 nitrogen and oxygen atoms in total. The van der Waals surface area contributed by atoms with E-state index in [0.29, 0.717) is 24.2 Å². The molecule has 0 unspecified atom stereocenters. The maximum Gasteiger partial charge on any atom is 0.192 e. The number of benzene rings is 3. The van der Waals surface area contributed by atoms with Crippen LogP contribution >= 0.6 is 0 Å². The van der Waals surface area contributed by atoms with E-state index in [9.17, 15) is 0 Å². The SMILES string of the molecule is Cc1n[nH]c2ccc(-c3nnc(NCc4ccccc4)c(N4CCN[C@@H](Cc5ccccc5)C4)n3)cc12. The summed E-state index contributed by atoms with van der Waals surface area (Å²) in [6.07, 6.45) is 0.964. The van der Waals surface area contributed by atoms with E-state index in [1.807, 2.05) is 37.3 Å². The summed E-state index contributed by atoms with van der Waals surface area (Å²) in [5.41, 5.74) is 5.40. The molecule has 3 N–H and O–H groups in total. The minimum absolute atomic E-state index is 0.321. The molecule has 0 amide bonds. The summed E-state index contributed by atoms with van der Waals surface area (Å²) in [7, 11) is 0. The molecule has 1 saturated heterocycles. The van der Waals surface area contributed by atoms with Crippen molar-refractivity contribution in [3.05, 3.63) is 95.7 Å². The van der Waals surface area contributed by atoms with Crippen molar-refractivity contribution in [1.29, 1.82) is 0 Å². The second-order valence-corrected chi connectivity index (χ2v) is 9.50. The summed E-state index contributed by atoms with van der Waals surface area (Å²) in [4.78, 5) is 7.40. The molecular weight excluding hydrogens is 460 g/mol. The van der Waals surface area contributed by atoms with Crippen LogP contribution in [0.15, 0.2) is 78.9 Å². The molecule has 186 valence electrons. The average Bonchev–Trinajstić information content (AvgIpc) is 3.33. The van der Waals surface area contributed by atoms with Gasteiger partial charge in [0.25, 0.3) is 0 Å². The van der Waals surface area contributed by atoms with Crippen LogP contribution in [0.1, 0.15) is 16.8 Å². The van der Waals surface area contributed by atoms with Gasteiger partial charge in [0.05, 0.1) is 11.2 Å². The lowest BCUT2D eigenvalue weighted by Gasteiger charge is -2.35. The molecule has 2 aromatic heterocycles. The Bertz CT molecular complexity index is 1480. The highest BCUT2D eigenvalue weighted by Gasteiger charge is 2.24. The van der Waals surface area contributed by atoms with E-state index < -0.39 is 0 Å². The molecule has 0 aliphatic carbocycles. The number of rotatable bonds is 7. The molecule has 37 heavy (non-hydrogen) atoms. The number of H-pyrrole nitrogens is 1. The zero-order valence-corrected chi connectivity index (χ0v) is 20.9. The predicted molar refractivity (Wildman–Crippen MR) is 148 cm³/mol. The van der Waals surface area contributed by atoms with Gasteiger partial charge in [-0.05, 0) is 42.7 Å². The Morgan fingerprint density at radius 1 is 0.946 bits per heavy atom. The van der Waals surface area contributed by atoms with Gasteiger partial charge in [0.15, 0.2) is 17.5 Å². The molecule has 0 bridgehead atoms. The minimum atomic E-state index is 0.321. The molecule has 0 radical (unpaired) electrons. The zero-order chi connectivity index (χ0) is 25.0. The lowest BCUT2D eigenvalue weighted by molar-refractivity contribution is 0.452. The minimum Gasteiger partial charge on any atom is -0.361 e. The van der Waals surface area contributed by atoms with Crippen LogP contribution in [-0.2, 0) is 13.0 Å². The number of fused-ring (bicyclic) bond motifs is 1. The van der Waals surface area contributed by atoms with Crippen molar-refractivity contribution in [2.45, 2.75) is 25.9 Å². The summed E-state index contributed by atoms with van der Waals surface area (Å²) < 4.78 is 0. The Hall–Kier alpha value is -4.30. The Kier molecular flexibility index (Phi) is 6.47. The van der Waals surface area contributed by atoms with Crippen molar-refractivity contribution in [3.8, 4) is 11.4 Å². The van der Waals surface area contributed by atoms with E-state index in [1.54, 1.807) is 0 Å². The molecule has 3 aromatic carbocycles. The molecule has 0 saturated carbocycles. The van der Waals surface area contributed by atoms with E-state index in [0.717, 1.165) is 54.0 Å². The molecular formula is C29H30N8. The quantitative estimate of drug-likeness (QED) is 0.312. The molecule has 5 aromatic rings. The van der Waals surface area contributed by atoms with Crippen LogP contribution in [0.25, 0.3) is 22.3 Å². The monoisotopic (exact) mass is 490 g/mol. The van der Waals surface area contributed by atoms with Crippen molar-refractivity contribution in [3.63, 3.8) is 0 Å². The van der Waals surface area contributed by atoms with Crippen molar-refractivity contribution < 1.29 is 0 Å². The third-order valence-electron chi connectivity index (χ3n) is 6.86. The second kappa shape index (κ2) is 10.4. The Morgan fingerprint density at radius 3 is 2.54 bits per heavy atom. The molecule has 1 aliphatic rings. The van der Waals surface area contributed by atoms with Crippen LogP contribution in [0.5, 0.6) is 0 Å². The van der Waals surface area contributed by atoms with Crippen molar-refractivity contribution >= 4 is 22.5 Å². The van der Waals surface area contributed by atoms with E-state index in [2.05, 4.69) is 84.5 Å². The van der Waals surface area contributed by atoms with Gasteiger partial charge in [0.2, 0.25) is 0 Å². The Balaban J connectivity index is 1.32. The van der Waals surface area contributed by atoms with Crippen molar-refractivity contribution in [2.75, 3.05) is 29.9 Å². The standard InChI is InChI=1S/C29H30N8/c1-20-25-17-23(12-13-26(25)34-33-20)27-32-29(28(36-35-27)31-18-22-10-6-3-7-11-22)37-15-14-30-24(19-37)16-21-8-4-2-5-9-21/h2-13,17,24,30H,14-16,18-19H2,1H3,(H,31,36)(H,33,34)/t24-/m0/s1. The van der Waals surface area contributed by atoms with Gasteiger partial charge < -0.3 is 15.5 Å². The Morgan fingerprint density at radius 2 is 1.73 bits per heavy atom. The molecule has 6 rings (SSSR count). The summed E-state index contributed by atoms with van der Waals surface area (Å²) in [6, 6.07) is 27.4. The summed E-state index contributed by atoms with van der Waals surface area (Å²) >= 11 is 0. The first-order valence-electron chi connectivity index (χ1n) is 12.7. The highest BCUT2D eigenvalue weighted by atomic mass is 15.3. The third kappa shape index (κ3) is 5.15. The number of hydrogen-bond donors (Lipinski definition) is 3. The second-order valence-electron chi connectivity index (χ2n) is 9.50. The predicted octanol–water partition coefficient (Wildman–Crippen LogP) is 4.36. The van der Waals surface area contributed by atoms with Gasteiger partial charge >= 0.3 is 0 Å². The number of aromatic amines is 1. The van der Waals surface area contributed by atoms with Gasteiger partial charge in [-0.2, -0.15) is 5.10 Å². The highest BCUT2D eigenvalue weighted by Crippen LogP contribution is 2.28. The molecule has 8 heteroatoms. The number of aromatic nitrogens is 5. The molecule has 3 heterocycles. The van der Waals surface area contributed by atoms with Crippen LogP contribution < -0.4 is 15.5 Å². The average molecular weight is 491 g/mol. The van der Waals surface area contributed by atoms with E-state index >= 15 is 0 Å². The van der Waals surface area contributed by atoms with Crippen molar-refractivity contribution in [2.24, 2.45) is 0 Å². The summed E-state index contributed by atoms with van der Waals surface area (Å²) in [5.74, 6) is 2.15. The van der Waals surface area contributed by atoms with Gasteiger partial charge in [-0.1, -0.05) is 60.7 Å². The number of piperazine rings is 1. The number of hydrogen-bond acceptors (Lipinski definition) is 7. The number of anilines is 2. The number of aryl methyl sites for hydroxylation is 1. The van der Waals surface area contributed by atoms with Gasteiger partial charge in [-0.3, -0.25) is 5.10 Å².